The summed E-state index contributed by atoms with van der Waals surface area (Å²) in [7, 11) is 0. The second-order valence-corrected chi connectivity index (χ2v) is 4.49. The van der Waals surface area contributed by atoms with Crippen LogP contribution in [0.2, 0.25) is 0 Å². The van der Waals surface area contributed by atoms with Crippen LogP contribution in [0.5, 0.6) is 0 Å². The van der Waals surface area contributed by atoms with Gasteiger partial charge in [0.15, 0.2) is 0 Å². The standard InChI is InChI=1S/C7H12O2.C6H5N3/c8-7(9)6-4-2-1-3-5-6;1-2-4-6-5(3-1)7-9-8-6/h6H,1-5H2,(H,8,9);1-4H,(H,7,8,9). The molecule has 1 aromatic carbocycles. The van der Waals surface area contributed by atoms with Crippen LogP contribution in [-0.4, -0.2) is 26.5 Å². The molecule has 1 fully saturated rings. The molecule has 5 heteroatoms. The van der Waals surface area contributed by atoms with Crippen molar-refractivity contribution >= 4 is 17.0 Å². The number of hydrogen-bond donors (Lipinski definition) is 2. The highest BCUT2D eigenvalue weighted by Crippen LogP contribution is 2.23. The van der Waals surface area contributed by atoms with Crippen molar-refractivity contribution in [3.63, 3.8) is 0 Å². The van der Waals surface area contributed by atoms with E-state index < -0.39 is 5.97 Å². The van der Waals surface area contributed by atoms with Crippen molar-refractivity contribution in [2.24, 2.45) is 5.92 Å². The minimum Gasteiger partial charge on any atom is -0.481 e. The molecule has 1 aliphatic rings. The summed E-state index contributed by atoms with van der Waals surface area (Å²) in [5.74, 6) is -0.631. The summed E-state index contributed by atoms with van der Waals surface area (Å²) in [4.78, 5) is 10.4. The Bertz CT molecular complexity index is 473. The number of H-pyrrole nitrogens is 1. The van der Waals surface area contributed by atoms with E-state index >= 15 is 0 Å². The van der Waals surface area contributed by atoms with Gasteiger partial charge in [-0.05, 0) is 25.0 Å². The summed E-state index contributed by atoms with van der Waals surface area (Å²) in [6.07, 6.45) is 5.24. The van der Waals surface area contributed by atoms with Crippen LogP contribution in [0.4, 0.5) is 0 Å². The second kappa shape index (κ2) is 6.14. The smallest absolute Gasteiger partial charge is 0.306 e. The van der Waals surface area contributed by atoms with E-state index in [1.165, 1.54) is 6.42 Å². The van der Waals surface area contributed by atoms with Crippen molar-refractivity contribution in [3.8, 4) is 0 Å². The summed E-state index contributed by atoms with van der Waals surface area (Å²) >= 11 is 0. The summed E-state index contributed by atoms with van der Waals surface area (Å²) in [5.41, 5.74) is 1.83. The molecule has 0 amide bonds. The molecule has 3 rings (SSSR count). The molecule has 18 heavy (non-hydrogen) atoms. The van der Waals surface area contributed by atoms with Crippen LogP contribution in [-0.2, 0) is 4.79 Å². The molecule has 0 spiro atoms. The highest BCUT2D eigenvalue weighted by molar-refractivity contribution is 5.72. The van der Waals surface area contributed by atoms with Crippen LogP contribution in [0.1, 0.15) is 32.1 Å². The van der Waals surface area contributed by atoms with Crippen molar-refractivity contribution in [2.45, 2.75) is 32.1 Å². The van der Waals surface area contributed by atoms with Gasteiger partial charge in [-0.3, -0.25) is 4.79 Å². The fourth-order valence-electron chi connectivity index (χ4n) is 2.14. The normalized spacial score (nSPS) is 16.0. The van der Waals surface area contributed by atoms with Crippen molar-refractivity contribution in [2.75, 3.05) is 0 Å². The van der Waals surface area contributed by atoms with E-state index in [0.717, 1.165) is 36.7 Å². The maximum absolute atomic E-state index is 10.4. The Kier molecular flexibility index (Phi) is 4.28. The minimum absolute atomic E-state index is 0.0289. The predicted molar refractivity (Wildman–Crippen MR) is 68.1 cm³/mol. The molecule has 2 aromatic rings. The summed E-state index contributed by atoms with van der Waals surface area (Å²) < 4.78 is 0. The van der Waals surface area contributed by atoms with Crippen LogP contribution in [0.25, 0.3) is 11.0 Å². The molecule has 1 saturated carbocycles. The highest BCUT2D eigenvalue weighted by atomic mass is 16.4. The first-order valence-electron chi connectivity index (χ1n) is 6.25. The summed E-state index contributed by atoms with van der Waals surface area (Å²) in [5, 5.41) is 18.8. The first-order valence-corrected chi connectivity index (χ1v) is 6.25. The van der Waals surface area contributed by atoms with Gasteiger partial charge in [0, 0.05) is 0 Å². The van der Waals surface area contributed by atoms with Crippen LogP contribution < -0.4 is 0 Å². The van der Waals surface area contributed by atoms with E-state index in [-0.39, 0.29) is 5.92 Å². The Morgan fingerprint density at radius 1 is 1.11 bits per heavy atom. The lowest BCUT2D eigenvalue weighted by Crippen LogP contribution is -2.16. The van der Waals surface area contributed by atoms with Gasteiger partial charge in [0.25, 0.3) is 0 Å². The monoisotopic (exact) mass is 247 g/mol. The van der Waals surface area contributed by atoms with E-state index in [2.05, 4.69) is 15.4 Å². The zero-order valence-corrected chi connectivity index (χ0v) is 10.2. The first-order chi connectivity index (χ1) is 8.77. The molecule has 0 radical (unpaired) electrons. The van der Waals surface area contributed by atoms with E-state index in [0.29, 0.717) is 0 Å². The number of aromatic nitrogens is 3. The molecular weight excluding hydrogens is 230 g/mol. The fourth-order valence-corrected chi connectivity index (χ4v) is 2.14. The van der Waals surface area contributed by atoms with Gasteiger partial charge in [-0.25, -0.2) is 0 Å². The molecular formula is C13H17N3O2. The Morgan fingerprint density at radius 3 is 2.11 bits per heavy atom. The summed E-state index contributed by atoms with van der Waals surface area (Å²) in [6, 6.07) is 7.70. The van der Waals surface area contributed by atoms with Gasteiger partial charge in [-0.1, -0.05) is 31.4 Å². The van der Waals surface area contributed by atoms with Crippen LogP contribution in [0.15, 0.2) is 24.3 Å². The predicted octanol–water partition coefficient (Wildman–Crippen LogP) is 2.61. The second-order valence-electron chi connectivity index (χ2n) is 4.49. The number of nitrogens with zero attached hydrogens (tertiary/aromatic N) is 2. The van der Waals surface area contributed by atoms with Crippen molar-refractivity contribution in [3.05, 3.63) is 24.3 Å². The van der Waals surface area contributed by atoms with Gasteiger partial charge >= 0.3 is 5.97 Å². The third-order valence-electron chi connectivity index (χ3n) is 3.18. The third kappa shape index (κ3) is 3.29. The van der Waals surface area contributed by atoms with Gasteiger partial charge in [0.1, 0.15) is 11.0 Å². The molecule has 5 nitrogen and oxygen atoms in total. The van der Waals surface area contributed by atoms with Crippen molar-refractivity contribution in [1.29, 1.82) is 0 Å². The van der Waals surface area contributed by atoms with Gasteiger partial charge < -0.3 is 5.11 Å². The Hall–Kier alpha value is -1.91. The number of benzene rings is 1. The summed E-state index contributed by atoms with van der Waals surface area (Å²) in [6.45, 7) is 0. The van der Waals surface area contributed by atoms with Crippen LogP contribution in [0, 0.1) is 5.92 Å². The largest absolute Gasteiger partial charge is 0.481 e. The molecule has 1 aliphatic carbocycles. The molecule has 1 aromatic heterocycles. The lowest BCUT2D eigenvalue weighted by atomic mass is 9.90. The molecule has 0 atom stereocenters. The van der Waals surface area contributed by atoms with Crippen LogP contribution in [0.3, 0.4) is 0 Å². The number of fused-ring (bicyclic) bond motifs is 1. The molecule has 0 saturated heterocycles. The zero-order valence-electron chi connectivity index (χ0n) is 10.2. The first kappa shape index (κ1) is 12.5. The van der Waals surface area contributed by atoms with E-state index in [9.17, 15) is 4.79 Å². The topological polar surface area (TPSA) is 78.9 Å². The SMILES string of the molecule is O=C(O)C1CCCCC1.c1ccc2n[nH]nc2c1. The van der Waals surface area contributed by atoms with E-state index in [1.807, 2.05) is 24.3 Å². The lowest BCUT2D eigenvalue weighted by molar-refractivity contribution is -0.142. The average molecular weight is 247 g/mol. The number of aliphatic carboxylic acids is 1. The van der Waals surface area contributed by atoms with Crippen molar-refractivity contribution < 1.29 is 9.90 Å². The number of carboxylic acid groups (broad SMARTS) is 1. The zero-order chi connectivity index (χ0) is 12.8. The number of para-hydroxylation sites is 2. The molecule has 0 bridgehead atoms. The lowest BCUT2D eigenvalue weighted by Gasteiger charge is -2.16. The number of carbonyl (C=O) groups is 1. The van der Waals surface area contributed by atoms with Gasteiger partial charge in [0.2, 0.25) is 0 Å². The van der Waals surface area contributed by atoms with Crippen LogP contribution >= 0.6 is 0 Å². The molecule has 0 unspecified atom stereocenters. The highest BCUT2D eigenvalue weighted by Gasteiger charge is 2.19. The number of aromatic amines is 1. The quantitative estimate of drug-likeness (QED) is 0.811. The maximum atomic E-state index is 10.4. The average Bonchev–Trinajstić information content (AvgIpc) is 2.89. The van der Waals surface area contributed by atoms with Gasteiger partial charge in [0.05, 0.1) is 5.92 Å². The number of hydrogen-bond acceptors (Lipinski definition) is 3. The number of nitrogens with one attached hydrogen (secondary N) is 1. The fraction of sp³-hybridized carbons (Fsp3) is 0.462. The van der Waals surface area contributed by atoms with Crippen molar-refractivity contribution in [1.82, 2.24) is 15.4 Å². The maximum Gasteiger partial charge on any atom is 0.306 e. The third-order valence-corrected chi connectivity index (χ3v) is 3.18. The number of carboxylic acids is 1. The Morgan fingerprint density at radius 2 is 1.67 bits per heavy atom. The van der Waals surface area contributed by atoms with Gasteiger partial charge in [-0.2, -0.15) is 15.4 Å². The van der Waals surface area contributed by atoms with E-state index in [4.69, 9.17) is 5.11 Å². The minimum atomic E-state index is -0.602. The number of rotatable bonds is 1. The molecule has 0 aliphatic heterocycles. The molecule has 96 valence electrons. The van der Waals surface area contributed by atoms with E-state index in [1.54, 1.807) is 0 Å². The molecule has 2 N–H and O–H groups in total. The Labute approximate surface area is 105 Å². The Balaban J connectivity index is 0.000000134. The van der Waals surface area contributed by atoms with Gasteiger partial charge in [-0.15, -0.1) is 0 Å². The molecule has 1 heterocycles.